The molecule has 3 rings (SSSR count). The van der Waals surface area contributed by atoms with E-state index in [1.165, 1.54) is 11.9 Å². The maximum atomic E-state index is 12.3. The van der Waals surface area contributed by atoms with E-state index in [9.17, 15) is 9.59 Å². The number of fused-ring (bicyclic) bond motifs is 1. The van der Waals surface area contributed by atoms with E-state index in [0.29, 0.717) is 17.1 Å². The number of furan rings is 1. The number of amides is 2. The lowest BCUT2D eigenvalue weighted by Crippen LogP contribution is -2.58. The number of aliphatic imine (C=N–C) groups is 1. The number of ether oxygens (including phenoxy) is 1. The Morgan fingerprint density at radius 2 is 2.25 bits per heavy atom. The number of para-hydroxylation sites is 1. The summed E-state index contributed by atoms with van der Waals surface area (Å²) in [6, 6.07) is 7.30. The van der Waals surface area contributed by atoms with Crippen molar-refractivity contribution < 1.29 is 23.8 Å². The molecule has 1 fully saturated rings. The molecular formula is C16H17N3O5. The summed E-state index contributed by atoms with van der Waals surface area (Å²) in [5, 5.41) is 12.7. The molecule has 0 bridgehead atoms. The van der Waals surface area contributed by atoms with Gasteiger partial charge in [0, 0.05) is 12.4 Å². The molecule has 8 nitrogen and oxygen atoms in total. The van der Waals surface area contributed by atoms with Gasteiger partial charge in [0.2, 0.25) is 11.9 Å². The lowest BCUT2D eigenvalue weighted by Gasteiger charge is -2.38. The normalized spacial score (nSPS) is 22.7. The minimum Gasteiger partial charge on any atom is -0.493 e. The molecule has 1 atom stereocenters. The molecule has 126 valence electrons. The number of carbonyl (C=O) groups is 2. The number of hydrogen-bond acceptors (Lipinski definition) is 4. The Hall–Kier alpha value is -3.03. The van der Waals surface area contributed by atoms with E-state index in [1.807, 2.05) is 18.2 Å². The first-order valence-electron chi connectivity index (χ1n) is 7.27. The lowest BCUT2D eigenvalue weighted by molar-refractivity contribution is -0.129. The third-order valence-corrected chi connectivity index (χ3v) is 4.06. The first-order chi connectivity index (χ1) is 11.3. The van der Waals surface area contributed by atoms with Gasteiger partial charge in [0.05, 0.1) is 13.5 Å². The largest absolute Gasteiger partial charge is 0.493 e. The maximum absolute atomic E-state index is 12.3. The van der Waals surface area contributed by atoms with Gasteiger partial charge in [-0.15, -0.1) is 4.99 Å². The molecule has 1 aliphatic heterocycles. The number of nitrogens with zero attached hydrogens (tertiary/aromatic N) is 2. The van der Waals surface area contributed by atoms with Gasteiger partial charge in [0.15, 0.2) is 11.3 Å². The van der Waals surface area contributed by atoms with Crippen molar-refractivity contribution in [3.8, 4) is 5.75 Å². The highest BCUT2D eigenvalue weighted by atomic mass is 16.5. The van der Waals surface area contributed by atoms with Crippen LogP contribution in [0.25, 0.3) is 11.0 Å². The number of hydrogen-bond donors (Lipinski definition) is 2. The number of nitrogens with one attached hydrogen (secondary N) is 1. The summed E-state index contributed by atoms with van der Waals surface area (Å²) < 4.78 is 11.2. The van der Waals surface area contributed by atoms with Crippen molar-refractivity contribution in [2.45, 2.75) is 18.9 Å². The van der Waals surface area contributed by atoms with Crippen LogP contribution in [-0.4, -0.2) is 42.1 Å². The van der Waals surface area contributed by atoms with Crippen LogP contribution in [0.1, 0.15) is 19.1 Å². The lowest BCUT2D eigenvalue weighted by atomic mass is 9.92. The number of carbonyl (C=O) groups excluding carboxylic acids is 1. The van der Waals surface area contributed by atoms with Crippen LogP contribution < -0.4 is 10.1 Å². The van der Waals surface area contributed by atoms with Crippen molar-refractivity contribution in [2.75, 3.05) is 14.2 Å². The summed E-state index contributed by atoms with van der Waals surface area (Å²) in [5.41, 5.74) is -0.344. The molecule has 1 saturated heterocycles. The van der Waals surface area contributed by atoms with E-state index in [2.05, 4.69) is 10.3 Å². The summed E-state index contributed by atoms with van der Waals surface area (Å²) in [6.07, 6.45) is -1.28. The van der Waals surface area contributed by atoms with Crippen molar-refractivity contribution in [3.63, 3.8) is 0 Å². The van der Waals surface area contributed by atoms with Crippen LogP contribution in [0.4, 0.5) is 4.79 Å². The molecule has 24 heavy (non-hydrogen) atoms. The van der Waals surface area contributed by atoms with Crippen LogP contribution in [-0.2, 0) is 10.3 Å². The Morgan fingerprint density at radius 3 is 2.92 bits per heavy atom. The summed E-state index contributed by atoms with van der Waals surface area (Å²) in [5.74, 6) is 0.792. The van der Waals surface area contributed by atoms with Gasteiger partial charge in [-0.2, -0.15) is 0 Å². The van der Waals surface area contributed by atoms with Crippen LogP contribution in [0.15, 0.2) is 33.7 Å². The molecule has 0 radical (unpaired) electrons. The third-order valence-electron chi connectivity index (χ3n) is 4.06. The van der Waals surface area contributed by atoms with Gasteiger partial charge in [-0.25, -0.2) is 4.79 Å². The Balaban J connectivity index is 2.07. The molecular weight excluding hydrogens is 314 g/mol. The highest BCUT2D eigenvalue weighted by Gasteiger charge is 2.41. The van der Waals surface area contributed by atoms with Gasteiger partial charge in [-0.1, -0.05) is 12.1 Å². The minimum absolute atomic E-state index is 0.0336. The monoisotopic (exact) mass is 331 g/mol. The molecule has 1 aromatic carbocycles. The smallest absolute Gasteiger partial charge is 0.434 e. The molecule has 1 unspecified atom stereocenters. The molecule has 2 heterocycles. The Kier molecular flexibility index (Phi) is 3.67. The molecule has 2 N–H and O–H groups in total. The topological polar surface area (TPSA) is 104 Å². The average molecular weight is 331 g/mol. The van der Waals surface area contributed by atoms with Gasteiger partial charge in [0.1, 0.15) is 11.3 Å². The maximum Gasteiger partial charge on any atom is 0.434 e. The van der Waals surface area contributed by atoms with Crippen molar-refractivity contribution in [2.24, 2.45) is 4.99 Å². The molecule has 1 aromatic heterocycles. The van der Waals surface area contributed by atoms with E-state index in [1.54, 1.807) is 20.1 Å². The SMILES string of the molecule is COc1cccc2cc(C3(C)CC(=O)N(C)C(=NC(=O)O)N3)oc12. The zero-order chi connectivity index (χ0) is 17.5. The quantitative estimate of drug-likeness (QED) is 0.873. The van der Waals surface area contributed by atoms with Gasteiger partial charge < -0.3 is 19.6 Å². The van der Waals surface area contributed by atoms with E-state index in [0.717, 1.165) is 5.39 Å². The first-order valence-corrected chi connectivity index (χ1v) is 7.27. The van der Waals surface area contributed by atoms with Crippen molar-refractivity contribution in [3.05, 3.63) is 30.0 Å². The number of benzene rings is 1. The fraction of sp³-hybridized carbons (Fsp3) is 0.312. The molecule has 0 saturated carbocycles. The fourth-order valence-corrected chi connectivity index (χ4v) is 2.73. The second kappa shape index (κ2) is 5.55. The van der Waals surface area contributed by atoms with Crippen LogP contribution >= 0.6 is 0 Å². The first kappa shape index (κ1) is 15.9. The highest BCUT2D eigenvalue weighted by Crippen LogP contribution is 2.36. The van der Waals surface area contributed by atoms with Gasteiger partial charge >= 0.3 is 6.09 Å². The zero-order valence-electron chi connectivity index (χ0n) is 13.5. The Labute approximate surface area is 137 Å². The van der Waals surface area contributed by atoms with E-state index >= 15 is 0 Å². The van der Waals surface area contributed by atoms with Crippen molar-refractivity contribution in [1.82, 2.24) is 10.2 Å². The second-order valence-electron chi connectivity index (χ2n) is 5.79. The summed E-state index contributed by atoms with van der Waals surface area (Å²) >= 11 is 0. The summed E-state index contributed by atoms with van der Waals surface area (Å²) in [4.78, 5) is 27.8. The highest BCUT2D eigenvalue weighted by molar-refractivity contribution is 6.03. The minimum atomic E-state index is -1.38. The van der Waals surface area contributed by atoms with Gasteiger partial charge in [-0.3, -0.25) is 9.69 Å². The van der Waals surface area contributed by atoms with Crippen LogP contribution in [0.2, 0.25) is 0 Å². The van der Waals surface area contributed by atoms with E-state index < -0.39 is 11.6 Å². The van der Waals surface area contributed by atoms with Crippen molar-refractivity contribution >= 4 is 28.9 Å². The summed E-state index contributed by atoms with van der Waals surface area (Å²) in [6.45, 7) is 1.76. The van der Waals surface area contributed by atoms with Gasteiger partial charge in [0.25, 0.3) is 0 Å². The number of methoxy groups -OCH3 is 1. The molecule has 2 aromatic rings. The Bertz CT molecular complexity index is 857. The number of rotatable bonds is 2. The second-order valence-corrected chi connectivity index (χ2v) is 5.79. The number of guanidine groups is 1. The zero-order valence-corrected chi connectivity index (χ0v) is 13.5. The van der Waals surface area contributed by atoms with E-state index in [4.69, 9.17) is 14.3 Å². The van der Waals surface area contributed by atoms with E-state index in [-0.39, 0.29) is 18.3 Å². The van der Waals surface area contributed by atoms with Crippen molar-refractivity contribution in [1.29, 1.82) is 0 Å². The molecule has 0 spiro atoms. The molecule has 1 aliphatic rings. The summed E-state index contributed by atoms with van der Waals surface area (Å²) in [7, 11) is 3.02. The van der Waals surface area contributed by atoms with Crippen LogP contribution in [0.3, 0.4) is 0 Å². The fourth-order valence-electron chi connectivity index (χ4n) is 2.73. The van der Waals surface area contributed by atoms with Crippen LogP contribution in [0.5, 0.6) is 5.75 Å². The Morgan fingerprint density at radius 1 is 1.50 bits per heavy atom. The third kappa shape index (κ3) is 2.55. The standard InChI is InChI=1S/C16H17N3O5/c1-16(8-12(20)19(2)14(18-16)17-15(21)22)11-7-9-5-4-6-10(23-3)13(9)24-11/h4-7H,8H2,1-3H3,(H,17,18)(H,21,22). The predicted octanol–water partition coefficient (Wildman–Crippen LogP) is 2.14. The molecule has 0 aliphatic carbocycles. The average Bonchev–Trinajstić information content (AvgIpc) is 2.96. The predicted molar refractivity (Wildman–Crippen MR) is 86.1 cm³/mol. The molecule has 8 heteroatoms. The molecule has 2 amide bonds. The van der Waals surface area contributed by atoms with Gasteiger partial charge in [-0.05, 0) is 19.1 Å². The number of carboxylic acid groups (broad SMARTS) is 1. The van der Waals surface area contributed by atoms with Crippen LogP contribution in [0, 0.1) is 0 Å².